The summed E-state index contributed by atoms with van der Waals surface area (Å²) in [6, 6.07) is 15.5. The highest BCUT2D eigenvalue weighted by atomic mass is 15.2. The zero-order valence-corrected chi connectivity index (χ0v) is 14.6. The number of hydrogen-bond acceptors (Lipinski definition) is 5. The van der Waals surface area contributed by atoms with Crippen LogP contribution in [0, 0.1) is 25.2 Å². The van der Waals surface area contributed by atoms with Crippen molar-refractivity contribution >= 4 is 5.82 Å². The van der Waals surface area contributed by atoms with Gasteiger partial charge in [0.2, 0.25) is 0 Å². The first-order chi connectivity index (χ1) is 12.1. The number of aromatic nitrogens is 3. The molecule has 25 heavy (non-hydrogen) atoms. The van der Waals surface area contributed by atoms with Gasteiger partial charge in [0.1, 0.15) is 11.5 Å². The lowest BCUT2D eigenvalue weighted by molar-refractivity contribution is 0.876. The van der Waals surface area contributed by atoms with E-state index in [-0.39, 0.29) is 0 Å². The number of pyridine rings is 1. The van der Waals surface area contributed by atoms with Crippen LogP contribution in [0.3, 0.4) is 0 Å². The van der Waals surface area contributed by atoms with Crippen LogP contribution in [0.25, 0.3) is 11.5 Å². The maximum Gasteiger partial charge on any atom is 0.180 e. The van der Waals surface area contributed by atoms with Crippen molar-refractivity contribution in [1.82, 2.24) is 15.0 Å². The van der Waals surface area contributed by atoms with E-state index in [0.717, 1.165) is 28.3 Å². The van der Waals surface area contributed by atoms with Gasteiger partial charge in [0.15, 0.2) is 5.82 Å². The second-order valence-electron chi connectivity index (χ2n) is 5.96. The topological polar surface area (TPSA) is 65.7 Å². The molecule has 0 N–H and O–H groups in total. The van der Waals surface area contributed by atoms with Crippen LogP contribution in [-0.2, 0) is 6.54 Å². The molecule has 2 heterocycles. The van der Waals surface area contributed by atoms with Crippen LogP contribution in [0.15, 0.2) is 48.7 Å². The third kappa shape index (κ3) is 3.64. The normalized spacial score (nSPS) is 10.3. The summed E-state index contributed by atoms with van der Waals surface area (Å²) >= 11 is 0. The van der Waals surface area contributed by atoms with Crippen molar-refractivity contribution in [2.24, 2.45) is 0 Å². The summed E-state index contributed by atoms with van der Waals surface area (Å²) in [5, 5.41) is 8.91. The van der Waals surface area contributed by atoms with Gasteiger partial charge in [0.05, 0.1) is 11.6 Å². The lowest BCUT2D eigenvalue weighted by Crippen LogP contribution is -2.20. The second-order valence-corrected chi connectivity index (χ2v) is 5.96. The fraction of sp³-hybridized carbons (Fsp3) is 0.200. The highest BCUT2D eigenvalue weighted by Crippen LogP contribution is 2.24. The zero-order chi connectivity index (χ0) is 17.8. The summed E-state index contributed by atoms with van der Waals surface area (Å²) in [6.45, 7) is 4.72. The molecule has 0 aliphatic rings. The first kappa shape index (κ1) is 16.6. The van der Waals surface area contributed by atoms with Crippen molar-refractivity contribution in [3.8, 4) is 17.6 Å². The minimum atomic E-state index is 0.630. The first-order valence-electron chi connectivity index (χ1n) is 8.05. The van der Waals surface area contributed by atoms with Gasteiger partial charge in [-0.1, -0.05) is 18.2 Å². The van der Waals surface area contributed by atoms with Gasteiger partial charge in [-0.3, -0.25) is 4.98 Å². The van der Waals surface area contributed by atoms with E-state index in [9.17, 15) is 0 Å². The Morgan fingerprint density at radius 3 is 2.44 bits per heavy atom. The van der Waals surface area contributed by atoms with Gasteiger partial charge in [0, 0.05) is 31.0 Å². The smallest absolute Gasteiger partial charge is 0.180 e. The second kappa shape index (κ2) is 7.10. The van der Waals surface area contributed by atoms with Crippen LogP contribution in [0.5, 0.6) is 0 Å². The Morgan fingerprint density at radius 1 is 1.04 bits per heavy atom. The fourth-order valence-electron chi connectivity index (χ4n) is 2.63. The molecule has 0 aliphatic carbocycles. The summed E-state index contributed by atoms with van der Waals surface area (Å²) in [6.07, 6.45) is 1.74. The van der Waals surface area contributed by atoms with Gasteiger partial charge in [-0.2, -0.15) is 5.26 Å². The lowest BCUT2D eigenvalue weighted by atomic mass is 10.1. The molecule has 0 amide bonds. The molecule has 0 bridgehead atoms. The molecule has 0 atom stereocenters. The van der Waals surface area contributed by atoms with Crippen molar-refractivity contribution in [3.05, 3.63) is 71.0 Å². The van der Waals surface area contributed by atoms with Crippen LogP contribution < -0.4 is 4.90 Å². The van der Waals surface area contributed by atoms with E-state index in [4.69, 9.17) is 10.2 Å². The summed E-state index contributed by atoms with van der Waals surface area (Å²) in [5.41, 5.74) is 4.54. The van der Waals surface area contributed by atoms with E-state index >= 15 is 0 Å². The van der Waals surface area contributed by atoms with Crippen molar-refractivity contribution in [1.29, 1.82) is 5.26 Å². The summed E-state index contributed by atoms with van der Waals surface area (Å²) in [4.78, 5) is 15.8. The van der Waals surface area contributed by atoms with Crippen LogP contribution in [0.4, 0.5) is 5.82 Å². The Kier molecular flexibility index (Phi) is 4.71. The average Bonchev–Trinajstić information content (AvgIpc) is 2.65. The number of anilines is 1. The van der Waals surface area contributed by atoms with Crippen LogP contribution in [0.2, 0.25) is 0 Å². The van der Waals surface area contributed by atoms with Gasteiger partial charge >= 0.3 is 0 Å². The quantitative estimate of drug-likeness (QED) is 0.731. The van der Waals surface area contributed by atoms with Crippen LogP contribution in [0.1, 0.15) is 22.4 Å². The van der Waals surface area contributed by atoms with Gasteiger partial charge in [0.25, 0.3) is 0 Å². The molecular formula is C20H19N5. The zero-order valence-electron chi connectivity index (χ0n) is 14.6. The van der Waals surface area contributed by atoms with E-state index in [1.165, 1.54) is 0 Å². The van der Waals surface area contributed by atoms with Crippen molar-refractivity contribution in [2.75, 3.05) is 11.9 Å². The molecule has 3 rings (SSSR count). The van der Waals surface area contributed by atoms with Gasteiger partial charge in [-0.05, 0) is 43.7 Å². The molecule has 0 unspecified atom stereocenters. The Morgan fingerprint density at radius 2 is 1.80 bits per heavy atom. The van der Waals surface area contributed by atoms with Crippen LogP contribution >= 0.6 is 0 Å². The monoisotopic (exact) mass is 329 g/mol. The van der Waals surface area contributed by atoms with E-state index in [1.54, 1.807) is 6.20 Å². The summed E-state index contributed by atoms with van der Waals surface area (Å²) < 4.78 is 0. The Balaban J connectivity index is 1.92. The number of benzene rings is 1. The average molecular weight is 329 g/mol. The number of rotatable bonds is 4. The highest BCUT2D eigenvalue weighted by Gasteiger charge is 2.14. The van der Waals surface area contributed by atoms with Crippen molar-refractivity contribution in [3.63, 3.8) is 0 Å². The molecule has 0 saturated heterocycles. The Hall–Kier alpha value is -3.26. The largest absolute Gasteiger partial charge is 0.355 e. The Labute approximate surface area is 147 Å². The molecule has 5 nitrogen and oxygen atoms in total. The van der Waals surface area contributed by atoms with Gasteiger partial charge < -0.3 is 4.90 Å². The minimum absolute atomic E-state index is 0.630. The SMILES string of the molecule is Cc1nc(-c2ccccn2)nc(N(C)Cc2ccc(C#N)cc2)c1C. The molecule has 0 radical (unpaired) electrons. The number of aryl methyl sites for hydroxylation is 1. The fourth-order valence-corrected chi connectivity index (χ4v) is 2.63. The number of nitriles is 1. The molecule has 2 aromatic heterocycles. The van der Waals surface area contributed by atoms with E-state index in [0.29, 0.717) is 17.9 Å². The summed E-state index contributed by atoms with van der Waals surface area (Å²) in [7, 11) is 2.01. The number of nitrogens with zero attached hydrogens (tertiary/aromatic N) is 5. The maximum absolute atomic E-state index is 8.91. The standard InChI is InChI=1S/C20H19N5/c1-14-15(2)23-19(18-6-4-5-11-22-18)24-20(14)25(3)13-17-9-7-16(12-21)8-10-17/h4-11H,13H2,1-3H3. The predicted octanol–water partition coefficient (Wildman–Crippen LogP) is 3.66. The highest BCUT2D eigenvalue weighted by molar-refractivity contribution is 5.57. The molecule has 3 aromatic rings. The number of hydrogen-bond donors (Lipinski definition) is 0. The molecular weight excluding hydrogens is 310 g/mol. The van der Waals surface area contributed by atoms with Crippen molar-refractivity contribution in [2.45, 2.75) is 20.4 Å². The maximum atomic E-state index is 8.91. The van der Waals surface area contributed by atoms with Crippen LogP contribution in [-0.4, -0.2) is 22.0 Å². The molecule has 0 fully saturated rings. The third-order valence-electron chi connectivity index (χ3n) is 4.12. The van der Waals surface area contributed by atoms with E-state index in [1.807, 2.05) is 63.4 Å². The first-order valence-corrected chi connectivity index (χ1v) is 8.05. The Bertz CT molecular complexity index is 911. The predicted molar refractivity (Wildman–Crippen MR) is 98.0 cm³/mol. The molecule has 0 aliphatic heterocycles. The van der Waals surface area contributed by atoms with Crippen molar-refractivity contribution < 1.29 is 0 Å². The molecule has 1 aromatic carbocycles. The minimum Gasteiger partial charge on any atom is -0.355 e. The molecule has 0 saturated carbocycles. The molecule has 0 spiro atoms. The molecule has 124 valence electrons. The molecule has 5 heteroatoms. The summed E-state index contributed by atoms with van der Waals surface area (Å²) in [5.74, 6) is 1.52. The van der Waals surface area contributed by atoms with Gasteiger partial charge in [-0.25, -0.2) is 9.97 Å². The van der Waals surface area contributed by atoms with E-state index < -0.39 is 0 Å². The van der Waals surface area contributed by atoms with Gasteiger partial charge in [-0.15, -0.1) is 0 Å². The lowest BCUT2D eigenvalue weighted by Gasteiger charge is -2.22. The third-order valence-corrected chi connectivity index (χ3v) is 4.12. The van der Waals surface area contributed by atoms with E-state index in [2.05, 4.69) is 20.9 Å².